The number of aliphatic hydroxyl groups excluding tert-OH is 1. The molecule has 0 aliphatic carbocycles. The van der Waals surface area contributed by atoms with Gasteiger partial charge in [-0.25, -0.2) is 0 Å². The zero-order valence-electron chi connectivity index (χ0n) is 17.0. The van der Waals surface area contributed by atoms with Crippen LogP contribution >= 0.6 is 0 Å². The van der Waals surface area contributed by atoms with E-state index in [-0.39, 0.29) is 11.6 Å². The molecule has 2 aliphatic rings. The van der Waals surface area contributed by atoms with Crippen LogP contribution < -0.4 is 0 Å². The maximum absolute atomic E-state index is 10.9. The first-order chi connectivity index (χ1) is 13.1. The number of hydrogen-bond acceptors (Lipinski definition) is 6. The molecule has 154 valence electrons. The Kier molecular flexibility index (Phi) is 6.16. The van der Waals surface area contributed by atoms with E-state index in [1.165, 1.54) is 0 Å². The second-order valence-electron chi connectivity index (χ2n) is 8.78. The highest BCUT2D eigenvalue weighted by atomic mass is 28.4. The summed E-state index contributed by atoms with van der Waals surface area (Å²) >= 11 is 0. The van der Waals surface area contributed by atoms with E-state index in [9.17, 15) is 5.11 Å². The number of azide groups is 1. The molecule has 28 heavy (non-hydrogen) atoms. The lowest BCUT2D eigenvalue weighted by atomic mass is 9.96. The van der Waals surface area contributed by atoms with E-state index < -0.39 is 45.3 Å². The van der Waals surface area contributed by atoms with Crippen LogP contribution in [0, 0.1) is 0 Å². The minimum absolute atomic E-state index is 0.0585. The molecular weight excluding hydrogens is 378 g/mol. The lowest BCUT2D eigenvalue weighted by Crippen LogP contribution is -2.63. The van der Waals surface area contributed by atoms with Gasteiger partial charge in [0.1, 0.15) is 18.2 Å². The van der Waals surface area contributed by atoms with Crippen LogP contribution in [0.5, 0.6) is 0 Å². The molecule has 9 heteroatoms. The van der Waals surface area contributed by atoms with Crippen LogP contribution in [-0.2, 0) is 18.6 Å². The molecule has 0 saturated carbocycles. The molecule has 2 heterocycles. The highest BCUT2D eigenvalue weighted by molar-refractivity contribution is 6.74. The van der Waals surface area contributed by atoms with Crippen LogP contribution in [0.2, 0.25) is 18.1 Å². The number of aliphatic hydroxyl groups is 1. The molecule has 6 atom stereocenters. The zero-order valence-corrected chi connectivity index (χ0v) is 18.0. The third kappa shape index (κ3) is 4.26. The van der Waals surface area contributed by atoms with Gasteiger partial charge in [0, 0.05) is 10.5 Å². The summed E-state index contributed by atoms with van der Waals surface area (Å²) in [6.45, 7) is 10.8. The van der Waals surface area contributed by atoms with Gasteiger partial charge in [0.05, 0.1) is 12.7 Å². The Balaban J connectivity index is 1.80. The molecule has 0 bridgehead atoms. The fourth-order valence-electron chi connectivity index (χ4n) is 3.10. The number of nitrogens with zero attached hydrogens (tertiary/aromatic N) is 3. The van der Waals surface area contributed by atoms with E-state index in [1.54, 1.807) is 0 Å². The normalized spacial score (nSPS) is 33.6. The average Bonchev–Trinajstić information content (AvgIpc) is 2.64. The quantitative estimate of drug-likeness (QED) is 0.353. The molecule has 0 spiro atoms. The number of rotatable bonds is 4. The zero-order chi connectivity index (χ0) is 20.5. The molecule has 2 saturated heterocycles. The smallest absolute Gasteiger partial charge is 0.195 e. The summed E-state index contributed by atoms with van der Waals surface area (Å²) in [5, 5.41) is 14.7. The minimum Gasteiger partial charge on any atom is -0.392 e. The summed E-state index contributed by atoms with van der Waals surface area (Å²) in [7, 11) is -2.22. The monoisotopic (exact) mass is 407 g/mol. The summed E-state index contributed by atoms with van der Waals surface area (Å²) in [5.41, 5.74) is 9.87. The Labute approximate surface area is 166 Å². The maximum atomic E-state index is 10.9. The van der Waals surface area contributed by atoms with E-state index in [0.29, 0.717) is 0 Å². The van der Waals surface area contributed by atoms with E-state index in [4.69, 9.17) is 24.2 Å². The van der Waals surface area contributed by atoms with Crippen LogP contribution in [0.4, 0.5) is 0 Å². The van der Waals surface area contributed by atoms with Crippen molar-refractivity contribution in [2.75, 3.05) is 6.61 Å². The molecule has 1 aromatic carbocycles. The van der Waals surface area contributed by atoms with Gasteiger partial charge in [-0.15, -0.1) is 0 Å². The lowest BCUT2D eigenvalue weighted by molar-refractivity contribution is -0.333. The largest absolute Gasteiger partial charge is 0.392 e. The van der Waals surface area contributed by atoms with Gasteiger partial charge in [-0.05, 0) is 23.7 Å². The number of ether oxygens (including phenoxy) is 3. The Bertz CT molecular complexity index is 720. The van der Waals surface area contributed by atoms with Crippen molar-refractivity contribution in [2.45, 2.75) is 75.8 Å². The average molecular weight is 408 g/mol. The molecule has 0 aromatic heterocycles. The van der Waals surface area contributed by atoms with Crippen LogP contribution in [0.3, 0.4) is 0 Å². The Morgan fingerprint density at radius 3 is 2.50 bits per heavy atom. The van der Waals surface area contributed by atoms with E-state index in [2.05, 4.69) is 43.9 Å². The van der Waals surface area contributed by atoms with Crippen molar-refractivity contribution in [3.63, 3.8) is 0 Å². The maximum Gasteiger partial charge on any atom is 0.195 e. The standard InChI is InChI=1S/C19H29N3O5Si/c1-19(2,3)28(4,5)27-18-14(21-22-20)15(23)16-13(25-18)11-24-17(26-16)12-9-7-6-8-10-12/h6-10,13-18,23H,11H2,1-5H3/t13-,14-,15-,16-,17?,18-/m1/s1. The van der Waals surface area contributed by atoms with Crippen LogP contribution in [0.25, 0.3) is 10.4 Å². The van der Waals surface area contributed by atoms with Crippen molar-refractivity contribution in [3.05, 3.63) is 46.3 Å². The Morgan fingerprint density at radius 2 is 1.89 bits per heavy atom. The van der Waals surface area contributed by atoms with Crippen LogP contribution in [0.1, 0.15) is 32.6 Å². The summed E-state index contributed by atoms with van der Waals surface area (Å²) in [6, 6.07) is 8.61. The van der Waals surface area contributed by atoms with Crippen molar-refractivity contribution < 1.29 is 23.7 Å². The minimum atomic E-state index is -2.22. The summed E-state index contributed by atoms with van der Waals surface area (Å²) in [5.74, 6) is 0. The molecule has 8 nitrogen and oxygen atoms in total. The summed E-state index contributed by atoms with van der Waals surface area (Å²) in [6.07, 6.45) is -3.68. The first-order valence-electron chi connectivity index (χ1n) is 9.51. The third-order valence-corrected chi connectivity index (χ3v) is 10.2. The molecular formula is C19H29N3O5Si. The van der Waals surface area contributed by atoms with Crippen molar-refractivity contribution in [1.29, 1.82) is 0 Å². The highest BCUT2D eigenvalue weighted by Crippen LogP contribution is 2.41. The number of benzene rings is 1. The molecule has 2 fully saturated rings. The summed E-state index contributed by atoms with van der Waals surface area (Å²) < 4.78 is 24.2. The molecule has 0 radical (unpaired) electrons. The van der Waals surface area contributed by atoms with Crippen molar-refractivity contribution in [3.8, 4) is 0 Å². The molecule has 2 aliphatic heterocycles. The van der Waals surface area contributed by atoms with Gasteiger partial charge in [-0.2, -0.15) is 0 Å². The fourth-order valence-corrected chi connectivity index (χ4v) is 4.23. The second kappa shape index (κ2) is 8.12. The second-order valence-corrected chi connectivity index (χ2v) is 13.5. The van der Waals surface area contributed by atoms with Crippen LogP contribution in [0.15, 0.2) is 35.4 Å². The Morgan fingerprint density at radius 1 is 1.21 bits per heavy atom. The molecule has 1 unspecified atom stereocenters. The van der Waals surface area contributed by atoms with Gasteiger partial charge in [0.15, 0.2) is 20.9 Å². The fraction of sp³-hybridized carbons (Fsp3) is 0.684. The molecule has 1 N–H and O–H groups in total. The highest BCUT2D eigenvalue weighted by Gasteiger charge is 2.52. The van der Waals surface area contributed by atoms with Gasteiger partial charge in [-0.3, -0.25) is 0 Å². The van der Waals surface area contributed by atoms with E-state index in [0.717, 1.165) is 5.56 Å². The van der Waals surface area contributed by atoms with Gasteiger partial charge < -0.3 is 23.7 Å². The first kappa shape index (κ1) is 21.3. The lowest BCUT2D eigenvalue weighted by Gasteiger charge is -2.49. The van der Waals surface area contributed by atoms with Crippen molar-refractivity contribution >= 4 is 8.32 Å². The van der Waals surface area contributed by atoms with Gasteiger partial charge in [0.25, 0.3) is 0 Å². The van der Waals surface area contributed by atoms with Crippen LogP contribution in [-0.4, -0.2) is 50.7 Å². The number of hydrogen-bond donors (Lipinski definition) is 1. The predicted molar refractivity (Wildman–Crippen MR) is 106 cm³/mol. The molecule has 0 amide bonds. The third-order valence-electron chi connectivity index (χ3n) is 5.81. The van der Waals surface area contributed by atoms with Gasteiger partial charge in [-0.1, -0.05) is 56.2 Å². The van der Waals surface area contributed by atoms with Gasteiger partial charge >= 0.3 is 0 Å². The van der Waals surface area contributed by atoms with E-state index in [1.807, 2.05) is 30.3 Å². The summed E-state index contributed by atoms with van der Waals surface area (Å²) in [4.78, 5) is 2.90. The van der Waals surface area contributed by atoms with Crippen molar-refractivity contribution in [1.82, 2.24) is 0 Å². The molecule has 1 aromatic rings. The predicted octanol–water partition coefficient (Wildman–Crippen LogP) is 3.89. The van der Waals surface area contributed by atoms with E-state index >= 15 is 0 Å². The topological polar surface area (TPSA) is 106 Å². The van der Waals surface area contributed by atoms with Gasteiger partial charge in [0.2, 0.25) is 0 Å². The first-order valence-corrected chi connectivity index (χ1v) is 12.4. The SMILES string of the molecule is CC(C)(C)[Si](C)(C)O[C@H]1O[C@@H]2COC(c3ccccc3)O[C@H]2[C@H](O)[C@H]1N=[N+]=[N-]. The number of fused-ring (bicyclic) bond motifs is 1. The Hall–Kier alpha value is -1.45. The molecule has 3 rings (SSSR count). The van der Waals surface area contributed by atoms with Crippen molar-refractivity contribution in [2.24, 2.45) is 5.11 Å².